The van der Waals surface area contributed by atoms with E-state index in [4.69, 9.17) is 5.73 Å². The first-order valence-corrected chi connectivity index (χ1v) is 5.44. The van der Waals surface area contributed by atoms with Gasteiger partial charge in [0.25, 0.3) is 0 Å². The lowest BCUT2D eigenvalue weighted by Gasteiger charge is -2.03. The molecule has 0 unspecified atom stereocenters. The van der Waals surface area contributed by atoms with Crippen LogP contribution in [-0.2, 0) is 0 Å². The van der Waals surface area contributed by atoms with E-state index in [0.29, 0.717) is 15.7 Å². The zero-order valence-electron chi connectivity index (χ0n) is 7.66. The number of benzene rings is 1. The Hall–Kier alpha value is -1.27. The van der Waals surface area contributed by atoms with Crippen molar-refractivity contribution in [2.45, 2.75) is 14.8 Å². The maximum atomic E-state index is 5.57. The van der Waals surface area contributed by atoms with Gasteiger partial charge in [0.2, 0.25) is 0 Å². The van der Waals surface area contributed by atoms with E-state index in [1.165, 1.54) is 11.8 Å². The minimum absolute atomic E-state index is 0.298. The Labute approximate surface area is 96.7 Å². The van der Waals surface area contributed by atoms with Crippen LogP contribution in [0.25, 0.3) is 0 Å². The molecule has 0 saturated carbocycles. The average molecular weight is 236 g/mol. The Morgan fingerprint density at radius 2 is 1.87 bits per heavy atom. The van der Waals surface area contributed by atoms with E-state index in [-0.39, 0.29) is 0 Å². The van der Waals surface area contributed by atoms with Gasteiger partial charge < -0.3 is 5.73 Å². The normalized spacial score (nSPS) is 10.2. The molecule has 2 aromatic rings. The predicted molar refractivity (Wildman–Crippen MR) is 62.1 cm³/mol. The molecule has 0 aliphatic carbocycles. The van der Waals surface area contributed by atoms with Crippen molar-refractivity contribution in [1.82, 2.24) is 15.4 Å². The third-order valence-corrected chi connectivity index (χ3v) is 3.27. The van der Waals surface area contributed by atoms with Crippen molar-refractivity contribution >= 4 is 30.2 Å². The van der Waals surface area contributed by atoms with Crippen molar-refractivity contribution in [2.75, 3.05) is 5.73 Å². The number of hydrogen-bond acceptors (Lipinski definition) is 6. The monoisotopic (exact) mass is 236 g/mol. The molecule has 6 heteroatoms. The maximum absolute atomic E-state index is 5.57. The second-order valence-electron chi connectivity index (χ2n) is 2.74. The molecular weight excluding hydrogens is 228 g/mol. The molecule has 1 aromatic carbocycles. The second-order valence-corrected chi connectivity index (χ2v) is 4.25. The fraction of sp³-hybridized carbons (Fsp3) is 0. The molecule has 0 bridgehead atoms. The van der Waals surface area contributed by atoms with Crippen LogP contribution in [0.1, 0.15) is 0 Å². The largest absolute Gasteiger partial charge is 0.381 e. The molecule has 1 heterocycles. The van der Waals surface area contributed by atoms with Crippen molar-refractivity contribution in [3.63, 3.8) is 0 Å². The van der Waals surface area contributed by atoms with Gasteiger partial charge in [0.05, 0.1) is 4.90 Å². The quantitative estimate of drug-likeness (QED) is 0.780. The smallest absolute Gasteiger partial charge is 0.164 e. The van der Waals surface area contributed by atoms with Crippen molar-refractivity contribution in [2.24, 2.45) is 0 Å². The fourth-order valence-corrected chi connectivity index (χ4v) is 2.01. The Bertz CT molecular complexity index is 461. The summed E-state index contributed by atoms with van der Waals surface area (Å²) in [6, 6.07) is 9.83. The summed E-state index contributed by atoms with van der Waals surface area (Å²) in [5.74, 6) is 0.298. The minimum Gasteiger partial charge on any atom is -0.381 e. The van der Waals surface area contributed by atoms with E-state index in [2.05, 4.69) is 28.0 Å². The lowest BCUT2D eigenvalue weighted by atomic mass is 10.4. The number of nitrogens with two attached hydrogens (primary N) is 1. The van der Waals surface area contributed by atoms with E-state index >= 15 is 0 Å². The molecule has 2 rings (SSSR count). The maximum Gasteiger partial charge on any atom is 0.164 e. The molecule has 1 aromatic heterocycles. The van der Waals surface area contributed by atoms with Crippen LogP contribution in [0.2, 0.25) is 0 Å². The van der Waals surface area contributed by atoms with Crippen LogP contribution in [0.5, 0.6) is 0 Å². The number of rotatable bonds is 2. The van der Waals surface area contributed by atoms with Crippen LogP contribution in [0.3, 0.4) is 0 Å². The third-order valence-electron chi connectivity index (χ3n) is 1.69. The number of anilines is 1. The van der Waals surface area contributed by atoms with Gasteiger partial charge in [0.1, 0.15) is 5.03 Å². The van der Waals surface area contributed by atoms with E-state index < -0.39 is 0 Å². The molecule has 0 saturated heterocycles. The average Bonchev–Trinajstić information content (AvgIpc) is 2.26. The molecule has 4 nitrogen and oxygen atoms in total. The molecule has 0 radical (unpaired) electrons. The van der Waals surface area contributed by atoms with Crippen LogP contribution in [0.15, 0.2) is 45.1 Å². The Morgan fingerprint density at radius 1 is 1.13 bits per heavy atom. The zero-order valence-corrected chi connectivity index (χ0v) is 9.37. The highest BCUT2D eigenvalue weighted by atomic mass is 32.2. The predicted octanol–water partition coefficient (Wildman–Crippen LogP) is 1.89. The van der Waals surface area contributed by atoms with Gasteiger partial charge in [0, 0.05) is 4.90 Å². The molecule has 0 spiro atoms. The molecule has 0 fully saturated rings. The summed E-state index contributed by atoms with van der Waals surface area (Å²) in [4.78, 5) is 1.63. The lowest BCUT2D eigenvalue weighted by Crippen LogP contribution is -1.99. The molecule has 0 atom stereocenters. The second kappa shape index (κ2) is 4.50. The summed E-state index contributed by atoms with van der Waals surface area (Å²) >= 11 is 5.69. The van der Waals surface area contributed by atoms with Crippen LogP contribution in [0.4, 0.5) is 5.82 Å². The minimum atomic E-state index is 0.298. The number of hydrogen-bond donors (Lipinski definition) is 2. The zero-order chi connectivity index (χ0) is 10.7. The van der Waals surface area contributed by atoms with Crippen LogP contribution in [0, 0.1) is 0 Å². The topological polar surface area (TPSA) is 64.7 Å². The lowest BCUT2D eigenvalue weighted by molar-refractivity contribution is 0.775. The van der Waals surface area contributed by atoms with E-state index in [9.17, 15) is 0 Å². The summed E-state index contributed by atoms with van der Waals surface area (Å²) in [6.07, 6.45) is 0. The number of nitrogens with zero attached hydrogens (tertiary/aromatic N) is 3. The Balaban J connectivity index is 2.29. The van der Waals surface area contributed by atoms with Gasteiger partial charge in [-0.25, -0.2) is 0 Å². The van der Waals surface area contributed by atoms with Crippen LogP contribution in [-0.4, -0.2) is 15.4 Å². The summed E-state index contributed by atoms with van der Waals surface area (Å²) < 4.78 is 0. The van der Waals surface area contributed by atoms with Crippen molar-refractivity contribution < 1.29 is 0 Å². The van der Waals surface area contributed by atoms with E-state index in [0.717, 1.165) is 4.90 Å². The van der Waals surface area contributed by atoms with Gasteiger partial charge in [-0.3, -0.25) is 0 Å². The first kappa shape index (κ1) is 10.3. The van der Waals surface area contributed by atoms with Crippen molar-refractivity contribution in [3.05, 3.63) is 30.3 Å². The molecule has 0 aliphatic heterocycles. The number of thiol groups is 1. The van der Waals surface area contributed by atoms with Gasteiger partial charge in [-0.1, -0.05) is 30.0 Å². The number of nitrogen functional groups attached to an aromatic ring is 1. The number of aromatic nitrogens is 3. The molecule has 0 amide bonds. The first-order chi connectivity index (χ1) is 7.27. The van der Waals surface area contributed by atoms with Gasteiger partial charge >= 0.3 is 0 Å². The Kier molecular flexibility index (Phi) is 3.08. The third kappa shape index (κ3) is 2.40. The summed E-state index contributed by atoms with van der Waals surface area (Å²) in [6.45, 7) is 0. The molecule has 15 heavy (non-hydrogen) atoms. The highest BCUT2D eigenvalue weighted by Gasteiger charge is 2.07. The molecule has 76 valence electrons. The van der Waals surface area contributed by atoms with Gasteiger partial charge in [-0.2, -0.15) is 0 Å². The highest BCUT2D eigenvalue weighted by molar-refractivity contribution is 7.99. The first-order valence-electron chi connectivity index (χ1n) is 4.18. The summed E-state index contributed by atoms with van der Waals surface area (Å²) in [7, 11) is 0. The van der Waals surface area contributed by atoms with Crippen molar-refractivity contribution in [1.29, 1.82) is 0 Å². The molecule has 0 aliphatic rings. The van der Waals surface area contributed by atoms with E-state index in [1.807, 2.05) is 30.3 Å². The van der Waals surface area contributed by atoms with Gasteiger partial charge in [0.15, 0.2) is 5.82 Å². The standard InChI is InChI=1S/C9H8N4S2/c10-8-7(14)9(12-13-11-8)15-6-4-2-1-3-5-6/h1-5H,(H,13,14)(H2,10,11,12). The van der Waals surface area contributed by atoms with Gasteiger partial charge in [-0.05, 0) is 17.3 Å². The summed E-state index contributed by atoms with van der Waals surface area (Å²) in [5.41, 5.74) is 5.57. The summed E-state index contributed by atoms with van der Waals surface area (Å²) in [5, 5.41) is 11.7. The van der Waals surface area contributed by atoms with Gasteiger partial charge in [-0.15, -0.1) is 22.8 Å². The molecule has 2 N–H and O–H groups in total. The Morgan fingerprint density at radius 3 is 2.60 bits per heavy atom. The molecular formula is C9H8N4S2. The highest BCUT2D eigenvalue weighted by Crippen LogP contribution is 2.31. The van der Waals surface area contributed by atoms with Crippen LogP contribution >= 0.6 is 24.4 Å². The fourth-order valence-electron chi connectivity index (χ4n) is 0.984. The van der Waals surface area contributed by atoms with Crippen molar-refractivity contribution in [3.8, 4) is 0 Å². The van der Waals surface area contributed by atoms with E-state index in [1.54, 1.807) is 0 Å². The van der Waals surface area contributed by atoms with Crippen LogP contribution < -0.4 is 5.73 Å². The SMILES string of the molecule is Nc1nnnc(Sc2ccccc2)c1S.